The highest BCUT2D eigenvalue weighted by Gasteiger charge is 2.09. The number of hydrogen-bond donors (Lipinski definition) is 3. The van der Waals surface area contributed by atoms with Gasteiger partial charge in [-0.15, -0.1) is 0 Å². The summed E-state index contributed by atoms with van der Waals surface area (Å²) in [5.74, 6) is -0.457. The molecule has 0 saturated heterocycles. The van der Waals surface area contributed by atoms with Crippen LogP contribution in [0.5, 0.6) is 5.75 Å². The van der Waals surface area contributed by atoms with E-state index in [1.165, 1.54) is 24.4 Å². The number of benzene rings is 2. The van der Waals surface area contributed by atoms with Crippen LogP contribution >= 0.6 is 11.6 Å². The van der Waals surface area contributed by atoms with Crippen LogP contribution in [0.15, 0.2) is 54.9 Å². The third-order valence-corrected chi connectivity index (χ3v) is 3.60. The lowest BCUT2D eigenvalue weighted by Crippen LogP contribution is -2.00. The normalized spacial score (nSPS) is 10.4. The largest absolute Gasteiger partial charge is 0.508 e. The fraction of sp³-hybridized carbons (Fsp3) is 0. The number of hydrogen-bond acceptors (Lipinski definition) is 5. The van der Waals surface area contributed by atoms with E-state index in [1.54, 1.807) is 30.5 Å². The first-order valence-electron chi connectivity index (χ1n) is 6.94. The Hall–Kier alpha value is -3.12. The lowest BCUT2D eigenvalue weighted by Gasteiger charge is -2.09. The van der Waals surface area contributed by atoms with Gasteiger partial charge in [-0.1, -0.05) is 11.6 Å². The van der Waals surface area contributed by atoms with Crippen LogP contribution in [-0.2, 0) is 0 Å². The number of phenolic OH excluding ortho intramolecular Hbond substituents is 1. The van der Waals surface area contributed by atoms with Gasteiger partial charge in [0.05, 0.1) is 34.4 Å². The number of nitrogens with zero attached hydrogens (tertiary/aromatic N) is 2. The molecule has 1 aromatic heterocycles. The van der Waals surface area contributed by atoms with E-state index < -0.39 is 5.97 Å². The average Bonchev–Trinajstić information content (AvgIpc) is 2.57. The van der Waals surface area contributed by atoms with Crippen molar-refractivity contribution in [3.63, 3.8) is 0 Å². The molecular weight excluding hydrogens is 330 g/mol. The molecule has 0 aliphatic rings. The number of carboxylic acid groups (broad SMARTS) is 1. The average molecular weight is 342 g/mol. The summed E-state index contributed by atoms with van der Waals surface area (Å²) in [6.45, 7) is 0. The second kappa shape index (κ2) is 6.55. The molecule has 0 aliphatic carbocycles. The van der Waals surface area contributed by atoms with Crippen LogP contribution < -0.4 is 5.32 Å². The zero-order valence-corrected chi connectivity index (χ0v) is 13.0. The molecule has 0 fully saturated rings. The van der Waals surface area contributed by atoms with E-state index in [2.05, 4.69) is 15.3 Å². The molecule has 0 radical (unpaired) electrons. The van der Waals surface area contributed by atoms with Gasteiger partial charge in [0.1, 0.15) is 11.6 Å². The molecule has 0 saturated carbocycles. The SMILES string of the molecule is O=C(O)c1ccc(Cl)c(Nc2cncc(-c3ccc(O)cc3)n2)c1. The van der Waals surface area contributed by atoms with Gasteiger partial charge in [0, 0.05) is 5.56 Å². The van der Waals surface area contributed by atoms with Gasteiger partial charge in [-0.2, -0.15) is 0 Å². The summed E-state index contributed by atoms with van der Waals surface area (Å²) in [6.07, 6.45) is 3.10. The lowest BCUT2D eigenvalue weighted by atomic mass is 10.1. The van der Waals surface area contributed by atoms with Crippen LogP contribution in [0.2, 0.25) is 5.02 Å². The molecule has 1 heterocycles. The second-order valence-corrected chi connectivity index (χ2v) is 5.37. The molecule has 2 aromatic carbocycles. The van der Waals surface area contributed by atoms with Gasteiger partial charge in [0.25, 0.3) is 0 Å². The van der Waals surface area contributed by atoms with Gasteiger partial charge in [0.2, 0.25) is 0 Å². The summed E-state index contributed by atoms with van der Waals surface area (Å²) in [5.41, 5.74) is 1.93. The Kier molecular flexibility index (Phi) is 4.31. The number of carbonyl (C=O) groups is 1. The van der Waals surface area contributed by atoms with Gasteiger partial charge in [-0.25, -0.2) is 9.78 Å². The van der Waals surface area contributed by atoms with Gasteiger partial charge in [-0.05, 0) is 42.5 Å². The molecule has 120 valence electrons. The molecule has 0 spiro atoms. The number of aromatic hydroxyl groups is 1. The number of halogens is 1. The van der Waals surface area contributed by atoms with Crippen LogP contribution in [-0.4, -0.2) is 26.2 Å². The summed E-state index contributed by atoms with van der Waals surface area (Å²) >= 11 is 6.09. The molecular formula is C17H12ClN3O3. The molecule has 0 aliphatic heterocycles. The van der Waals surface area contributed by atoms with Crippen molar-refractivity contribution in [2.75, 3.05) is 5.32 Å². The third kappa shape index (κ3) is 3.44. The van der Waals surface area contributed by atoms with Crippen molar-refractivity contribution >= 4 is 29.1 Å². The summed E-state index contributed by atoms with van der Waals surface area (Å²) in [7, 11) is 0. The van der Waals surface area contributed by atoms with Gasteiger partial charge < -0.3 is 15.5 Å². The zero-order chi connectivity index (χ0) is 17.1. The number of carboxylic acids is 1. The van der Waals surface area contributed by atoms with Crippen LogP contribution in [0.3, 0.4) is 0 Å². The number of nitrogens with one attached hydrogen (secondary N) is 1. The van der Waals surface area contributed by atoms with E-state index in [-0.39, 0.29) is 11.3 Å². The fourth-order valence-corrected chi connectivity index (χ4v) is 2.25. The first-order valence-corrected chi connectivity index (χ1v) is 7.32. The summed E-state index contributed by atoms with van der Waals surface area (Å²) in [6, 6.07) is 10.9. The lowest BCUT2D eigenvalue weighted by molar-refractivity contribution is 0.0697. The van der Waals surface area contributed by atoms with E-state index in [0.717, 1.165) is 5.56 Å². The van der Waals surface area contributed by atoms with E-state index in [0.29, 0.717) is 22.2 Å². The van der Waals surface area contributed by atoms with Crippen LogP contribution in [0.4, 0.5) is 11.5 Å². The summed E-state index contributed by atoms with van der Waals surface area (Å²) in [4.78, 5) is 19.6. The van der Waals surface area contributed by atoms with Crippen molar-refractivity contribution in [2.45, 2.75) is 0 Å². The van der Waals surface area contributed by atoms with Crippen LogP contribution in [0, 0.1) is 0 Å². The Morgan fingerprint density at radius 2 is 1.83 bits per heavy atom. The topological polar surface area (TPSA) is 95.3 Å². The summed E-state index contributed by atoms with van der Waals surface area (Å²) < 4.78 is 0. The van der Waals surface area contributed by atoms with Crippen molar-refractivity contribution in [3.8, 4) is 17.0 Å². The Bertz CT molecular complexity index is 898. The molecule has 0 amide bonds. The van der Waals surface area contributed by atoms with E-state index in [9.17, 15) is 9.90 Å². The molecule has 3 aromatic rings. The Morgan fingerprint density at radius 3 is 2.54 bits per heavy atom. The number of anilines is 2. The Balaban J connectivity index is 1.91. The standard InChI is InChI=1S/C17H12ClN3O3/c18-13-6-3-11(17(23)24)7-14(13)20-16-9-19-8-15(21-16)10-1-4-12(22)5-2-10/h1-9,22H,(H,20,21)(H,23,24). The molecule has 0 atom stereocenters. The van der Waals surface area contributed by atoms with Crippen molar-refractivity contribution in [1.29, 1.82) is 0 Å². The van der Waals surface area contributed by atoms with Gasteiger partial charge in [-0.3, -0.25) is 4.98 Å². The first kappa shape index (κ1) is 15.8. The smallest absolute Gasteiger partial charge is 0.335 e. The number of aromatic nitrogens is 2. The monoisotopic (exact) mass is 341 g/mol. The fourth-order valence-electron chi connectivity index (χ4n) is 2.09. The number of rotatable bonds is 4. The Labute approximate surface area is 142 Å². The van der Waals surface area contributed by atoms with Gasteiger partial charge >= 0.3 is 5.97 Å². The predicted octanol–water partition coefficient (Wildman–Crippen LogP) is 3.94. The maximum absolute atomic E-state index is 11.1. The highest BCUT2D eigenvalue weighted by atomic mass is 35.5. The minimum absolute atomic E-state index is 0.115. The van der Waals surface area contributed by atoms with E-state index in [4.69, 9.17) is 16.7 Å². The van der Waals surface area contributed by atoms with Gasteiger partial charge in [0.15, 0.2) is 0 Å². The third-order valence-electron chi connectivity index (χ3n) is 3.27. The molecule has 0 bridgehead atoms. The van der Waals surface area contributed by atoms with Crippen molar-refractivity contribution < 1.29 is 15.0 Å². The summed E-state index contributed by atoms with van der Waals surface area (Å²) in [5, 5.41) is 21.7. The highest BCUT2D eigenvalue weighted by molar-refractivity contribution is 6.33. The maximum Gasteiger partial charge on any atom is 0.335 e. The van der Waals surface area contributed by atoms with Crippen molar-refractivity contribution in [3.05, 3.63) is 65.4 Å². The maximum atomic E-state index is 11.1. The van der Waals surface area contributed by atoms with Crippen LogP contribution in [0.25, 0.3) is 11.3 Å². The number of aromatic carboxylic acids is 1. The minimum Gasteiger partial charge on any atom is -0.508 e. The van der Waals surface area contributed by atoms with Crippen molar-refractivity contribution in [1.82, 2.24) is 9.97 Å². The minimum atomic E-state index is -1.04. The molecule has 3 N–H and O–H groups in total. The van der Waals surface area contributed by atoms with Crippen molar-refractivity contribution in [2.24, 2.45) is 0 Å². The molecule has 0 unspecified atom stereocenters. The predicted molar refractivity (Wildman–Crippen MR) is 90.8 cm³/mol. The number of phenols is 1. The van der Waals surface area contributed by atoms with E-state index >= 15 is 0 Å². The highest BCUT2D eigenvalue weighted by Crippen LogP contribution is 2.27. The molecule has 24 heavy (non-hydrogen) atoms. The zero-order valence-electron chi connectivity index (χ0n) is 12.3. The molecule has 6 nitrogen and oxygen atoms in total. The molecule has 3 rings (SSSR count). The van der Waals surface area contributed by atoms with Crippen LogP contribution in [0.1, 0.15) is 10.4 Å². The second-order valence-electron chi connectivity index (χ2n) is 4.96. The molecule has 7 heteroatoms. The Morgan fingerprint density at radius 1 is 1.08 bits per heavy atom. The van der Waals surface area contributed by atoms with E-state index in [1.807, 2.05) is 0 Å². The first-order chi connectivity index (χ1) is 11.5. The quantitative estimate of drug-likeness (QED) is 0.665.